The number of carbonyl (C=O) groups is 3. The fraction of sp³-hybridized carbons (Fsp3) is 0.241. The van der Waals surface area contributed by atoms with Crippen molar-refractivity contribution in [1.82, 2.24) is 5.43 Å². The van der Waals surface area contributed by atoms with E-state index in [0.29, 0.717) is 52.4 Å². The van der Waals surface area contributed by atoms with E-state index in [1.165, 1.54) is 6.21 Å². The van der Waals surface area contributed by atoms with Crippen LogP contribution in [0.25, 0.3) is 0 Å². The second-order valence-corrected chi connectivity index (χ2v) is 8.74. The van der Waals surface area contributed by atoms with E-state index in [9.17, 15) is 14.4 Å². The van der Waals surface area contributed by atoms with E-state index in [0.717, 1.165) is 12.8 Å². The first-order chi connectivity index (χ1) is 19.4. The van der Waals surface area contributed by atoms with Gasteiger partial charge in [0.1, 0.15) is 5.75 Å². The molecule has 3 aromatic carbocycles. The maximum Gasteiger partial charge on any atom is 0.329 e. The Bertz CT molecular complexity index is 1330. The Morgan fingerprint density at radius 1 is 0.875 bits per heavy atom. The number of unbranched alkanes of at least 4 members (excludes halogenated alkanes) is 1. The van der Waals surface area contributed by atoms with Gasteiger partial charge >= 0.3 is 11.8 Å². The van der Waals surface area contributed by atoms with Gasteiger partial charge in [-0.3, -0.25) is 14.4 Å². The van der Waals surface area contributed by atoms with Crippen LogP contribution >= 0.6 is 11.6 Å². The topological polar surface area (TPSA) is 127 Å². The number of hydrogen-bond donors (Lipinski definition) is 3. The summed E-state index contributed by atoms with van der Waals surface area (Å²) in [5, 5.41) is 9.44. The van der Waals surface area contributed by atoms with Crippen LogP contribution in [0.3, 0.4) is 0 Å². The van der Waals surface area contributed by atoms with Crippen molar-refractivity contribution in [3.8, 4) is 17.2 Å². The molecule has 0 saturated heterocycles. The van der Waals surface area contributed by atoms with Gasteiger partial charge in [0.15, 0.2) is 18.1 Å². The van der Waals surface area contributed by atoms with Crippen molar-refractivity contribution >= 4 is 46.9 Å². The summed E-state index contributed by atoms with van der Waals surface area (Å²) < 4.78 is 16.8. The molecule has 0 aliphatic carbocycles. The van der Waals surface area contributed by atoms with Crippen LogP contribution in [0, 0.1) is 0 Å². The highest BCUT2D eigenvalue weighted by atomic mass is 35.5. The molecule has 0 aliphatic heterocycles. The molecule has 3 aromatic rings. The second kappa shape index (κ2) is 15.7. The molecule has 3 rings (SSSR count). The number of amides is 3. The summed E-state index contributed by atoms with van der Waals surface area (Å²) in [6.07, 6.45) is 3.34. The van der Waals surface area contributed by atoms with Crippen LogP contribution in [-0.2, 0) is 14.4 Å². The number of ether oxygens (including phenoxy) is 3. The lowest BCUT2D eigenvalue weighted by Crippen LogP contribution is -2.32. The van der Waals surface area contributed by atoms with Gasteiger partial charge in [-0.1, -0.05) is 37.1 Å². The Hall–Kier alpha value is -4.57. The SMILES string of the molecule is CCCCOc1ccc(NC(=O)C(=O)N/N=C\c2ccc(OCC(=O)Nc3ccccc3Cl)c(OCC)c2)cc1. The first kappa shape index (κ1) is 30.0. The van der Waals surface area contributed by atoms with E-state index in [2.05, 4.69) is 28.1 Å². The summed E-state index contributed by atoms with van der Waals surface area (Å²) in [5.41, 5.74) is 3.68. The number of benzene rings is 3. The summed E-state index contributed by atoms with van der Waals surface area (Å²) >= 11 is 6.07. The molecule has 0 fully saturated rings. The molecule has 0 bridgehead atoms. The fourth-order valence-electron chi connectivity index (χ4n) is 3.26. The zero-order valence-electron chi connectivity index (χ0n) is 22.2. The van der Waals surface area contributed by atoms with Gasteiger partial charge in [-0.25, -0.2) is 5.43 Å². The van der Waals surface area contributed by atoms with Gasteiger partial charge in [-0.05, 0) is 73.5 Å². The van der Waals surface area contributed by atoms with Gasteiger partial charge in [0, 0.05) is 5.69 Å². The Morgan fingerprint density at radius 3 is 2.38 bits per heavy atom. The second-order valence-electron chi connectivity index (χ2n) is 8.34. The Morgan fingerprint density at radius 2 is 1.65 bits per heavy atom. The van der Waals surface area contributed by atoms with Crippen LogP contribution in [0.15, 0.2) is 71.8 Å². The summed E-state index contributed by atoms with van der Waals surface area (Å²) in [4.78, 5) is 36.6. The van der Waals surface area contributed by atoms with Crippen LogP contribution < -0.4 is 30.3 Å². The van der Waals surface area contributed by atoms with Crippen molar-refractivity contribution < 1.29 is 28.6 Å². The average Bonchev–Trinajstić information content (AvgIpc) is 2.95. The molecule has 40 heavy (non-hydrogen) atoms. The van der Waals surface area contributed by atoms with E-state index >= 15 is 0 Å². The normalized spacial score (nSPS) is 10.6. The molecule has 0 radical (unpaired) electrons. The molecule has 0 unspecified atom stereocenters. The molecule has 0 spiro atoms. The zero-order valence-corrected chi connectivity index (χ0v) is 23.0. The minimum Gasteiger partial charge on any atom is -0.494 e. The number of nitrogens with zero attached hydrogens (tertiary/aromatic N) is 1. The first-order valence-corrected chi connectivity index (χ1v) is 13.1. The third-order valence-electron chi connectivity index (χ3n) is 5.24. The van der Waals surface area contributed by atoms with Crippen molar-refractivity contribution in [2.24, 2.45) is 5.10 Å². The first-order valence-electron chi connectivity index (χ1n) is 12.7. The van der Waals surface area contributed by atoms with Gasteiger partial charge in [0.05, 0.1) is 30.1 Å². The highest BCUT2D eigenvalue weighted by Crippen LogP contribution is 2.28. The average molecular weight is 567 g/mol. The third kappa shape index (κ3) is 9.63. The monoisotopic (exact) mass is 566 g/mol. The van der Waals surface area contributed by atoms with Crippen LogP contribution in [0.2, 0.25) is 5.02 Å². The van der Waals surface area contributed by atoms with Gasteiger partial charge < -0.3 is 24.8 Å². The molecular formula is C29H31ClN4O6. The van der Waals surface area contributed by atoms with E-state index in [4.69, 9.17) is 25.8 Å². The lowest BCUT2D eigenvalue weighted by atomic mass is 10.2. The predicted molar refractivity (Wildman–Crippen MR) is 154 cm³/mol. The lowest BCUT2D eigenvalue weighted by Gasteiger charge is -2.13. The van der Waals surface area contributed by atoms with Crippen molar-refractivity contribution in [3.05, 3.63) is 77.3 Å². The van der Waals surface area contributed by atoms with E-state index in [-0.39, 0.29) is 6.61 Å². The summed E-state index contributed by atoms with van der Waals surface area (Å²) in [6, 6.07) is 18.5. The number of anilines is 2. The molecule has 0 aromatic heterocycles. The molecule has 0 saturated carbocycles. The minimum absolute atomic E-state index is 0.265. The Labute approximate surface area is 237 Å². The van der Waals surface area contributed by atoms with Crippen LogP contribution in [0.5, 0.6) is 17.2 Å². The van der Waals surface area contributed by atoms with E-state index in [1.807, 2.05) is 0 Å². The van der Waals surface area contributed by atoms with Crippen molar-refractivity contribution in [2.45, 2.75) is 26.7 Å². The molecule has 3 amide bonds. The molecule has 210 valence electrons. The molecule has 0 atom stereocenters. The van der Waals surface area contributed by atoms with Crippen LogP contribution in [0.4, 0.5) is 11.4 Å². The smallest absolute Gasteiger partial charge is 0.329 e. The molecule has 0 aliphatic rings. The lowest BCUT2D eigenvalue weighted by molar-refractivity contribution is -0.136. The highest BCUT2D eigenvalue weighted by Gasteiger charge is 2.14. The van der Waals surface area contributed by atoms with E-state index < -0.39 is 17.7 Å². The van der Waals surface area contributed by atoms with Crippen LogP contribution in [-0.4, -0.2) is 43.8 Å². The Kier molecular flexibility index (Phi) is 11.8. The summed E-state index contributed by atoms with van der Waals surface area (Å²) in [6.45, 7) is 4.59. The number of hydrogen-bond acceptors (Lipinski definition) is 7. The van der Waals surface area contributed by atoms with Gasteiger partial charge in [-0.2, -0.15) is 5.10 Å². The van der Waals surface area contributed by atoms with E-state index in [1.54, 1.807) is 73.7 Å². The number of nitrogens with one attached hydrogen (secondary N) is 3. The Balaban J connectivity index is 1.51. The third-order valence-corrected chi connectivity index (χ3v) is 5.57. The number of rotatable bonds is 13. The molecule has 11 heteroatoms. The van der Waals surface area contributed by atoms with Gasteiger partial charge in [-0.15, -0.1) is 0 Å². The van der Waals surface area contributed by atoms with Crippen molar-refractivity contribution in [3.63, 3.8) is 0 Å². The highest BCUT2D eigenvalue weighted by molar-refractivity contribution is 6.39. The summed E-state index contributed by atoms with van der Waals surface area (Å²) in [5.74, 6) is -0.788. The number of carbonyl (C=O) groups excluding carboxylic acids is 3. The standard InChI is InChI=1S/C29H31ClN4O6/c1-3-5-16-39-22-13-11-21(12-14-22)32-28(36)29(37)34-31-18-20-10-15-25(26(17-20)38-4-2)40-19-27(35)33-24-9-7-6-8-23(24)30/h6-15,17-18H,3-5,16,19H2,1-2H3,(H,32,36)(H,33,35)(H,34,37)/b31-18-. The number of hydrazone groups is 1. The van der Waals surface area contributed by atoms with Crippen molar-refractivity contribution in [1.29, 1.82) is 0 Å². The van der Waals surface area contributed by atoms with Crippen molar-refractivity contribution in [2.75, 3.05) is 30.5 Å². The minimum atomic E-state index is -0.936. The molecular weight excluding hydrogens is 536 g/mol. The largest absolute Gasteiger partial charge is 0.494 e. The quantitative estimate of drug-likeness (QED) is 0.115. The van der Waals surface area contributed by atoms with Crippen LogP contribution in [0.1, 0.15) is 32.3 Å². The van der Waals surface area contributed by atoms with Gasteiger partial charge in [0.25, 0.3) is 5.91 Å². The summed E-state index contributed by atoms with van der Waals surface area (Å²) in [7, 11) is 0. The molecule has 0 heterocycles. The van der Waals surface area contributed by atoms with Gasteiger partial charge in [0.2, 0.25) is 0 Å². The maximum absolute atomic E-state index is 12.3. The predicted octanol–water partition coefficient (Wildman–Crippen LogP) is 5.02. The molecule has 3 N–H and O–H groups in total. The fourth-order valence-corrected chi connectivity index (χ4v) is 3.44. The number of para-hydroxylation sites is 1. The number of halogens is 1. The zero-order chi connectivity index (χ0) is 28.7. The molecule has 10 nitrogen and oxygen atoms in total. The maximum atomic E-state index is 12.3.